The van der Waals surface area contributed by atoms with Crippen molar-refractivity contribution in [3.05, 3.63) is 40.3 Å². The van der Waals surface area contributed by atoms with Crippen LogP contribution in [0.25, 0.3) is 10.8 Å². The summed E-state index contributed by atoms with van der Waals surface area (Å²) in [4.78, 5) is 26.5. The van der Waals surface area contributed by atoms with Crippen molar-refractivity contribution in [3.63, 3.8) is 0 Å². The van der Waals surface area contributed by atoms with Gasteiger partial charge in [0.05, 0.1) is 17.5 Å². The lowest BCUT2D eigenvalue weighted by Crippen LogP contribution is -2.44. The van der Waals surface area contributed by atoms with E-state index in [0.29, 0.717) is 11.1 Å². The van der Waals surface area contributed by atoms with E-state index in [4.69, 9.17) is 0 Å². The van der Waals surface area contributed by atoms with Gasteiger partial charge in [0.2, 0.25) is 5.91 Å². The molecule has 2 aromatic rings. The Kier molecular flexibility index (Phi) is 5.25. The van der Waals surface area contributed by atoms with Gasteiger partial charge >= 0.3 is 0 Å². The van der Waals surface area contributed by atoms with Gasteiger partial charge in [-0.1, -0.05) is 24.6 Å². The molecule has 3 rings (SSSR count). The Labute approximate surface area is 141 Å². The highest BCUT2D eigenvalue weighted by Crippen LogP contribution is 2.13. The van der Waals surface area contributed by atoms with Gasteiger partial charge in [0, 0.05) is 18.0 Å². The average molecular weight is 328 g/mol. The molecule has 0 saturated carbocycles. The van der Waals surface area contributed by atoms with E-state index >= 15 is 0 Å². The Morgan fingerprint density at radius 2 is 1.96 bits per heavy atom. The second-order valence-electron chi connectivity index (χ2n) is 6.55. The monoisotopic (exact) mass is 328 g/mol. The summed E-state index contributed by atoms with van der Waals surface area (Å²) in [7, 11) is 0. The molecule has 6 heteroatoms. The number of hydrogen-bond donors (Lipinski definition) is 2. The molecule has 1 aliphatic rings. The topological polar surface area (TPSA) is 78.1 Å². The number of benzene rings is 1. The predicted octanol–water partition coefficient (Wildman–Crippen LogP) is 1.46. The van der Waals surface area contributed by atoms with Crippen LogP contribution in [0, 0.1) is 0 Å². The fraction of sp³-hybridized carbons (Fsp3) is 0.500. The van der Waals surface area contributed by atoms with Crippen LogP contribution in [0.5, 0.6) is 0 Å². The normalized spacial score (nSPS) is 16.9. The molecule has 2 heterocycles. The SMILES string of the molecule is C[C@@H](CN1CCCCC1)NC(=O)Cc1n[nH]c(=O)c2ccccc12. The number of amides is 1. The van der Waals surface area contributed by atoms with Crippen LogP contribution in [0.4, 0.5) is 0 Å². The van der Waals surface area contributed by atoms with Crippen LogP contribution in [0.3, 0.4) is 0 Å². The van der Waals surface area contributed by atoms with Crippen LogP contribution in [-0.4, -0.2) is 46.7 Å². The van der Waals surface area contributed by atoms with Gasteiger partial charge in [-0.25, -0.2) is 5.10 Å². The molecule has 0 unspecified atom stereocenters. The summed E-state index contributed by atoms with van der Waals surface area (Å²) in [6.45, 7) is 5.15. The molecule has 1 aromatic carbocycles. The minimum Gasteiger partial charge on any atom is -0.352 e. The number of aromatic amines is 1. The number of carbonyl (C=O) groups excluding carboxylic acids is 1. The molecular weight excluding hydrogens is 304 g/mol. The van der Waals surface area contributed by atoms with E-state index in [1.807, 2.05) is 25.1 Å². The van der Waals surface area contributed by atoms with Crippen molar-refractivity contribution < 1.29 is 4.79 Å². The summed E-state index contributed by atoms with van der Waals surface area (Å²) in [6.07, 6.45) is 3.96. The second kappa shape index (κ2) is 7.57. The van der Waals surface area contributed by atoms with E-state index in [1.165, 1.54) is 19.3 Å². The maximum absolute atomic E-state index is 12.3. The summed E-state index contributed by atoms with van der Waals surface area (Å²) >= 11 is 0. The Balaban J connectivity index is 1.62. The molecule has 1 saturated heterocycles. The lowest BCUT2D eigenvalue weighted by atomic mass is 10.1. The quantitative estimate of drug-likeness (QED) is 0.871. The lowest BCUT2D eigenvalue weighted by Gasteiger charge is -2.29. The van der Waals surface area contributed by atoms with Crippen LogP contribution >= 0.6 is 0 Å². The van der Waals surface area contributed by atoms with Gasteiger partial charge in [0.25, 0.3) is 5.56 Å². The summed E-state index contributed by atoms with van der Waals surface area (Å²) < 4.78 is 0. The number of nitrogens with one attached hydrogen (secondary N) is 2. The van der Waals surface area contributed by atoms with Crippen LogP contribution in [0.2, 0.25) is 0 Å². The highest BCUT2D eigenvalue weighted by molar-refractivity contribution is 5.88. The molecule has 0 spiro atoms. The van der Waals surface area contributed by atoms with Crippen molar-refractivity contribution in [2.24, 2.45) is 0 Å². The average Bonchev–Trinajstić information content (AvgIpc) is 2.58. The minimum absolute atomic E-state index is 0.0655. The molecule has 128 valence electrons. The maximum Gasteiger partial charge on any atom is 0.272 e. The number of fused-ring (bicyclic) bond motifs is 1. The Morgan fingerprint density at radius 1 is 1.25 bits per heavy atom. The first-order valence-electron chi connectivity index (χ1n) is 8.61. The second-order valence-corrected chi connectivity index (χ2v) is 6.55. The van der Waals surface area contributed by atoms with Gasteiger partial charge in [0.15, 0.2) is 0 Å². The Bertz CT molecular complexity index is 765. The van der Waals surface area contributed by atoms with Crippen molar-refractivity contribution in [1.82, 2.24) is 20.4 Å². The number of hydrogen-bond acceptors (Lipinski definition) is 4. The smallest absolute Gasteiger partial charge is 0.272 e. The van der Waals surface area contributed by atoms with Crippen molar-refractivity contribution in [3.8, 4) is 0 Å². The number of H-pyrrole nitrogens is 1. The molecule has 1 amide bonds. The molecule has 1 atom stereocenters. The molecule has 1 fully saturated rings. The fourth-order valence-corrected chi connectivity index (χ4v) is 3.36. The van der Waals surface area contributed by atoms with Crippen molar-refractivity contribution >= 4 is 16.7 Å². The van der Waals surface area contributed by atoms with E-state index in [2.05, 4.69) is 20.4 Å². The van der Waals surface area contributed by atoms with Crippen molar-refractivity contribution in [1.29, 1.82) is 0 Å². The van der Waals surface area contributed by atoms with E-state index in [0.717, 1.165) is 25.0 Å². The number of rotatable bonds is 5. The van der Waals surface area contributed by atoms with E-state index in [9.17, 15) is 9.59 Å². The van der Waals surface area contributed by atoms with Crippen LogP contribution in [-0.2, 0) is 11.2 Å². The van der Waals surface area contributed by atoms with E-state index in [1.54, 1.807) is 6.07 Å². The van der Waals surface area contributed by atoms with Gasteiger partial charge in [-0.3, -0.25) is 9.59 Å². The number of aromatic nitrogens is 2. The molecule has 1 aliphatic heterocycles. The van der Waals surface area contributed by atoms with Gasteiger partial charge in [0.1, 0.15) is 0 Å². The summed E-state index contributed by atoms with van der Waals surface area (Å²) in [6, 6.07) is 7.34. The third-order valence-corrected chi connectivity index (χ3v) is 4.49. The van der Waals surface area contributed by atoms with Crippen molar-refractivity contribution in [2.45, 2.75) is 38.6 Å². The standard InChI is InChI=1S/C18H24N4O2/c1-13(12-22-9-5-2-6-10-22)19-17(23)11-16-14-7-3-4-8-15(14)18(24)21-20-16/h3-4,7-8,13H,2,5-6,9-12H2,1H3,(H,19,23)(H,21,24)/t13-/m0/s1. The van der Waals surface area contributed by atoms with Gasteiger partial charge in [-0.05, 0) is 38.9 Å². The molecule has 24 heavy (non-hydrogen) atoms. The molecule has 2 N–H and O–H groups in total. The zero-order valence-corrected chi connectivity index (χ0v) is 14.0. The largest absolute Gasteiger partial charge is 0.352 e. The van der Waals surface area contributed by atoms with Gasteiger partial charge in [-0.2, -0.15) is 5.10 Å². The third-order valence-electron chi connectivity index (χ3n) is 4.49. The highest BCUT2D eigenvalue weighted by atomic mass is 16.1. The predicted molar refractivity (Wildman–Crippen MR) is 94.0 cm³/mol. The van der Waals surface area contributed by atoms with E-state index < -0.39 is 0 Å². The molecule has 0 aliphatic carbocycles. The molecule has 1 aromatic heterocycles. The number of piperidine rings is 1. The first-order chi connectivity index (χ1) is 11.6. The van der Waals surface area contributed by atoms with Crippen molar-refractivity contribution in [2.75, 3.05) is 19.6 Å². The van der Waals surface area contributed by atoms with Gasteiger partial charge in [-0.15, -0.1) is 0 Å². The third kappa shape index (κ3) is 4.00. The van der Waals surface area contributed by atoms with Crippen LogP contribution in [0.1, 0.15) is 31.9 Å². The zero-order chi connectivity index (χ0) is 16.9. The van der Waals surface area contributed by atoms with Crippen LogP contribution in [0.15, 0.2) is 29.1 Å². The first kappa shape index (κ1) is 16.6. The molecule has 0 bridgehead atoms. The number of carbonyl (C=O) groups is 1. The lowest BCUT2D eigenvalue weighted by molar-refractivity contribution is -0.121. The maximum atomic E-state index is 12.3. The highest BCUT2D eigenvalue weighted by Gasteiger charge is 2.16. The Hall–Kier alpha value is -2.21. The summed E-state index contributed by atoms with van der Waals surface area (Å²) in [5.74, 6) is -0.0655. The number of likely N-dealkylation sites (tertiary alicyclic amines) is 1. The molecule has 0 radical (unpaired) electrons. The minimum atomic E-state index is -0.228. The van der Waals surface area contributed by atoms with E-state index in [-0.39, 0.29) is 23.9 Å². The summed E-state index contributed by atoms with van der Waals surface area (Å²) in [5, 5.41) is 10.9. The van der Waals surface area contributed by atoms with Gasteiger partial charge < -0.3 is 10.2 Å². The fourth-order valence-electron chi connectivity index (χ4n) is 3.36. The first-order valence-corrected chi connectivity index (χ1v) is 8.61. The van der Waals surface area contributed by atoms with Crippen LogP contribution < -0.4 is 10.9 Å². The molecular formula is C18H24N4O2. The molecule has 6 nitrogen and oxygen atoms in total. The zero-order valence-electron chi connectivity index (χ0n) is 14.0. The summed E-state index contributed by atoms with van der Waals surface area (Å²) in [5.41, 5.74) is 0.376. The Morgan fingerprint density at radius 3 is 2.71 bits per heavy atom. The number of nitrogens with zero attached hydrogens (tertiary/aromatic N) is 2.